The van der Waals surface area contributed by atoms with E-state index in [-0.39, 0.29) is 11.8 Å². The number of ether oxygens (including phenoxy) is 1. The van der Waals surface area contributed by atoms with Gasteiger partial charge in [0, 0.05) is 11.3 Å². The van der Waals surface area contributed by atoms with Crippen molar-refractivity contribution in [1.29, 1.82) is 5.26 Å². The summed E-state index contributed by atoms with van der Waals surface area (Å²) in [6.45, 7) is 1.98. The number of aromatic nitrogens is 3. The smallest absolute Gasteiger partial charge is 0.228 e. The second-order valence-corrected chi connectivity index (χ2v) is 6.35. The maximum atomic E-state index is 12.2. The Bertz CT molecular complexity index is 1060. The molecule has 1 amide bonds. The summed E-state index contributed by atoms with van der Waals surface area (Å²) >= 11 is 0. The Kier molecular flexibility index (Phi) is 3.81. The number of nitrogens with zero attached hydrogens (tertiary/aromatic N) is 4. The van der Waals surface area contributed by atoms with Gasteiger partial charge in [0.1, 0.15) is 22.9 Å². The molecule has 0 radical (unpaired) electrons. The molecule has 1 aliphatic rings. The van der Waals surface area contributed by atoms with E-state index in [1.807, 2.05) is 31.2 Å². The van der Waals surface area contributed by atoms with E-state index < -0.39 is 0 Å². The molecule has 3 aromatic rings. The lowest BCUT2D eigenvalue weighted by Crippen LogP contribution is -2.17. The third-order valence-corrected chi connectivity index (χ3v) is 4.51. The highest BCUT2D eigenvalue weighted by molar-refractivity contribution is 5.94. The van der Waals surface area contributed by atoms with Crippen molar-refractivity contribution in [2.24, 2.45) is 5.92 Å². The van der Waals surface area contributed by atoms with Gasteiger partial charge < -0.3 is 10.1 Å². The standard InChI is InChI=1S/C19H17N5O2/c1-11-8-16(22-17-14(11)4-3-5-15(17)26-2)24-18(13(9-20)10-21-24)23-19(25)12-6-7-12/h3-5,8,10,12H,6-7H2,1-2H3,(H,23,25). The van der Waals surface area contributed by atoms with Gasteiger partial charge in [0.05, 0.1) is 13.3 Å². The summed E-state index contributed by atoms with van der Waals surface area (Å²) in [6, 6.07) is 9.69. The van der Waals surface area contributed by atoms with Gasteiger partial charge >= 0.3 is 0 Å². The van der Waals surface area contributed by atoms with Crippen LogP contribution in [0.3, 0.4) is 0 Å². The zero-order valence-electron chi connectivity index (χ0n) is 14.5. The van der Waals surface area contributed by atoms with Crippen molar-refractivity contribution < 1.29 is 9.53 Å². The fraction of sp³-hybridized carbons (Fsp3) is 0.263. The predicted octanol–water partition coefficient (Wildman–Crippen LogP) is 2.96. The fourth-order valence-corrected chi connectivity index (χ4v) is 2.94. The number of nitriles is 1. The van der Waals surface area contributed by atoms with Crippen LogP contribution in [-0.4, -0.2) is 27.8 Å². The Balaban J connectivity index is 1.86. The lowest BCUT2D eigenvalue weighted by molar-refractivity contribution is -0.117. The van der Waals surface area contributed by atoms with Crippen molar-refractivity contribution in [3.05, 3.63) is 41.6 Å². The highest BCUT2D eigenvalue weighted by atomic mass is 16.5. The fourth-order valence-electron chi connectivity index (χ4n) is 2.94. The zero-order chi connectivity index (χ0) is 18.3. The number of hydrogen-bond acceptors (Lipinski definition) is 5. The van der Waals surface area contributed by atoms with Crippen molar-refractivity contribution >= 4 is 22.6 Å². The number of rotatable bonds is 4. The van der Waals surface area contributed by atoms with E-state index in [1.54, 1.807) is 7.11 Å². The Labute approximate surface area is 150 Å². The number of anilines is 1. The molecule has 1 saturated carbocycles. The van der Waals surface area contributed by atoms with Crippen LogP contribution in [0.4, 0.5) is 5.82 Å². The third kappa shape index (κ3) is 2.65. The number of aryl methyl sites for hydroxylation is 1. The van der Waals surface area contributed by atoms with Crippen molar-refractivity contribution in [2.45, 2.75) is 19.8 Å². The molecule has 2 heterocycles. The van der Waals surface area contributed by atoms with Crippen molar-refractivity contribution in [3.8, 4) is 17.6 Å². The first-order valence-corrected chi connectivity index (χ1v) is 8.36. The van der Waals surface area contributed by atoms with E-state index in [9.17, 15) is 10.1 Å². The molecule has 0 spiro atoms. The van der Waals surface area contributed by atoms with E-state index in [0.29, 0.717) is 28.5 Å². The molecule has 2 aromatic heterocycles. The molecule has 1 aromatic carbocycles. The Hall–Kier alpha value is -3.40. The molecule has 26 heavy (non-hydrogen) atoms. The van der Waals surface area contributed by atoms with Gasteiger partial charge in [-0.05, 0) is 37.5 Å². The average molecular weight is 347 g/mol. The number of methoxy groups -OCH3 is 1. The van der Waals surface area contributed by atoms with Crippen LogP contribution in [0, 0.1) is 24.2 Å². The van der Waals surface area contributed by atoms with E-state index in [4.69, 9.17) is 4.74 Å². The summed E-state index contributed by atoms with van der Waals surface area (Å²) in [7, 11) is 1.60. The van der Waals surface area contributed by atoms with Crippen LogP contribution in [-0.2, 0) is 4.79 Å². The number of pyridine rings is 1. The van der Waals surface area contributed by atoms with Gasteiger partial charge in [-0.2, -0.15) is 15.0 Å². The first-order chi connectivity index (χ1) is 12.6. The molecule has 0 bridgehead atoms. The number of nitrogens with one attached hydrogen (secondary N) is 1. The molecule has 4 rings (SSSR count). The second kappa shape index (κ2) is 6.15. The summed E-state index contributed by atoms with van der Waals surface area (Å²) in [5.41, 5.74) is 2.01. The summed E-state index contributed by atoms with van der Waals surface area (Å²) < 4.78 is 6.92. The predicted molar refractivity (Wildman–Crippen MR) is 96.2 cm³/mol. The Morgan fingerprint density at radius 3 is 2.92 bits per heavy atom. The molecule has 1 fully saturated rings. The SMILES string of the molecule is COc1cccc2c(C)cc(-n3ncc(C#N)c3NC(=O)C3CC3)nc12. The zero-order valence-corrected chi connectivity index (χ0v) is 14.5. The quantitative estimate of drug-likeness (QED) is 0.783. The van der Waals surface area contributed by atoms with Gasteiger partial charge in [0.15, 0.2) is 11.6 Å². The van der Waals surface area contributed by atoms with E-state index in [0.717, 1.165) is 23.8 Å². The first-order valence-electron chi connectivity index (χ1n) is 8.36. The normalized spacial score (nSPS) is 13.4. The van der Waals surface area contributed by atoms with Gasteiger partial charge in [0.2, 0.25) is 5.91 Å². The van der Waals surface area contributed by atoms with Crippen LogP contribution < -0.4 is 10.1 Å². The second-order valence-electron chi connectivity index (χ2n) is 6.35. The van der Waals surface area contributed by atoms with Crippen LogP contribution in [0.2, 0.25) is 0 Å². The number of carbonyl (C=O) groups is 1. The number of carbonyl (C=O) groups excluding carboxylic acids is 1. The lowest BCUT2D eigenvalue weighted by Gasteiger charge is -2.12. The minimum atomic E-state index is -0.0849. The molecule has 0 saturated heterocycles. The molecule has 7 heteroatoms. The highest BCUT2D eigenvalue weighted by Crippen LogP contribution is 2.32. The van der Waals surface area contributed by atoms with Gasteiger partial charge in [-0.25, -0.2) is 4.98 Å². The summed E-state index contributed by atoms with van der Waals surface area (Å²) in [5.74, 6) is 1.47. The highest BCUT2D eigenvalue weighted by Gasteiger charge is 2.31. The molecule has 0 unspecified atom stereocenters. The molecule has 1 N–H and O–H groups in total. The number of fused-ring (bicyclic) bond motifs is 1. The topological polar surface area (TPSA) is 92.8 Å². The molecule has 130 valence electrons. The van der Waals surface area contributed by atoms with Gasteiger partial charge in [-0.3, -0.25) is 4.79 Å². The van der Waals surface area contributed by atoms with Crippen molar-refractivity contribution in [3.63, 3.8) is 0 Å². The minimum absolute atomic E-state index is 0.0243. The molecule has 7 nitrogen and oxygen atoms in total. The van der Waals surface area contributed by atoms with Gasteiger partial charge in [0.25, 0.3) is 0 Å². The maximum absolute atomic E-state index is 12.2. The summed E-state index contributed by atoms with van der Waals surface area (Å²) in [5, 5.41) is 17.4. The lowest BCUT2D eigenvalue weighted by atomic mass is 10.1. The molecular formula is C19H17N5O2. The minimum Gasteiger partial charge on any atom is -0.494 e. The summed E-state index contributed by atoms with van der Waals surface area (Å²) in [6.07, 6.45) is 3.20. The van der Waals surface area contributed by atoms with E-state index in [2.05, 4.69) is 21.5 Å². The van der Waals surface area contributed by atoms with Gasteiger partial charge in [-0.15, -0.1) is 0 Å². The molecular weight excluding hydrogens is 330 g/mol. The molecule has 0 aliphatic heterocycles. The van der Waals surface area contributed by atoms with Crippen molar-refractivity contribution in [1.82, 2.24) is 14.8 Å². The van der Waals surface area contributed by atoms with E-state index in [1.165, 1.54) is 10.9 Å². The molecule has 0 atom stereocenters. The van der Waals surface area contributed by atoms with Crippen LogP contribution in [0.5, 0.6) is 5.75 Å². The largest absolute Gasteiger partial charge is 0.494 e. The van der Waals surface area contributed by atoms with Crippen LogP contribution in [0.1, 0.15) is 24.0 Å². The summed E-state index contributed by atoms with van der Waals surface area (Å²) in [4.78, 5) is 16.9. The monoisotopic (exact) mass is 347 g/mol. The van der Waals surface area contributed by atoms with Crippen LogP contribution >= 0.6 is 0 Å². The van der Waals surface area contributed by atoms with Crippen LogP contribution in [0.25, 0.3) is 16.7 Å². The van der Waals surface area contributed by atoms with Crippen molar-refractivity contribution in [2.75, 3.05) is 12.4 Å². The number of benzene rings is 1. The molecule has 1 aliphatic carbocycles. The van der Waals surface area contributed by atoms with Crippen LogP contribution in [0.15, 0.2) is 30.5 Å². The Morgan fingerprint density at radius 1 is 1.42 bits per heavy atom. The average Bonchev–Trinajstić information content (AvgIpc) is 3.43. The number of para-hydroxylation sites is 1. The van der Waals surface area contributed by atoms with E-state index >= 15 is 0 Å². The number of hydrogen-bond donors (Lipinski definition) is 1. The van der Waals surface area contributed by atoms with Gasteiger partial charge in [-0.1, -0.05) is 12.1 Å². The first kappa shape index (κ1) is 16.1. The number of amides is 1. The Morgan fingerprint density at radius 2 is 2.23 bits per heavy atom. The third-order valence-electron chi connectivity index (χ3n) is 4.51. The maximum Gasteiger partial charge on any atom is 0.228 e.